The smallest absolute Gasteiger partial charge is 0.128 e. The molecule has 2 rings (SSSR count). The Morgan fingerprint density at radius 2 is 1.78 bits per heavy atom. The maximum absolute atomic E-state index is 13.9. The standard InChI is InChI=1S/C15H23FN2/c1-18(2)15(10-6-3-7-11-15)14(17)12-8-4-5-9-13(12)16/h4-5,8-9,14H,3,6-7,10-11,17H2,1-2H3. The van der Waals surface area contributed by atoms with Crippen LogP contribution in [0.1, 0.15) is 43.7 Å². The van der Waals surface area contributed by atoms with E-state index in [1.165, 1.54) is 25.3 Å². The summed E-state index contributed by atoms with van der Waals surface area (Å²) >= 11 is 0. The van der Waals surface area contributed by atoms with Gasteiger partial charge in [0.2, 0.25) is 0 Å². The van der Waals surface area contributed by atoms with Gasteiger partial charge in [-0.05, 0) is 33.0 Å². The zero-order chi connectivity index (χ0) is 13.2. The van der Waals surface area contributed by atoms with Crippen LogP contribution >= 0.6 is 0 Å². The Labute approximate surface area is 109 Å². The van der Waals surface area contributed by atoms with Gasteiger partial charge in [-0.1, -0.05) is 37.5 Å². The molecule has 3 heteroatoms. The summed E-state index contributed by atoms with van der Waals surface area (Å²) < 4.78 is 13.9. The maximum atomic E-state index is 13.9. The van der Waals surface area contributed by atoms with Crippen molar-refractivity contribution in [1.29, 1.82) is 0 Å². The lowest BCUT2D eigenvalue weighted by Gasteiger charge is -2.47. The summed E-state index contributed by atoms with van der Waals surface area (Å²) in [6, 6.07) is 6.65. The van der Waals surface area contributed by atoms with Crippen molar-refractivity contribution in [2.45, 2.75) is 43.7 Å². The third-order valence-electron chi connectivity index (χ3n) is 4.43. The van der Waals surface area contributed by atoms with E-state index in [4.69, 9.17) is 5.73 Å². The molecule has 0 aliphatic heterocycles. The second kappa shape index (κ2) is 5.37. The Balaban J connectivity index is 2.34. The van der Waals surface area contributed by atoms with Gasteiger partial charge in [0, 0.05) is 11.1 Å². The topological polar surface area (TPSA) is 29.3 Å². The molecule has 1 fully saturated rings. The molecule has 2 nitrogen and oxygen atoms in total. The molecule has 1 unspecified atom stereocenters. The van der Waals surface area contributed by atoms with E-state index in [0.29, 0.717) is 5.56 Å². The minimum Gasteiger partial charge on any atom is -0.322 e. The molecule has 0 spiro atoms. The van der Waals surface area contributed by atoms with E-state index in [-0.39, 0.29) is 17.4 Å². The molecule has 18 heavy (non-hydrogen) atoms. The Morgan fingerprint density at radius 1 is 1.17 bits per heavy atom. The van der Waals surface area contributed by atoms with Crippen molar-refractivity contribution in [3.05, 3.63) is 35.6 Å². The molecule has 1 atom stereocenters. The first-order chi connectivity index (χ1) is 8.58. The van der Waals surface area contributed by atoms with E-state index < -0.39 is 0 Å². The lowest BCUT2D eigenvalue weighted by atomic mass is 9.73. The number of rotatable bonds is 3. The molecule has 0 heterocycles. The van der Waals surface area contributed by atoms with Crippen LogP contribution in [-0.2, 0) is 0 Å². The first-order valence-electron chi connectivity index (χ1n) is 6.75. The number of hydrogen-bond donors (Lipinski definition) is 1. The molecule has 0 bridgehead atoms. The number of benzene rings is 1. The van der Waals surface area contributed by atoms with Gasteiger partial charge in [0.05, 0.1) is 6.04 Å². The van der Waals surface area contributed by atoms with Crippen molar-refractivity contribution in [2.75, 3.05) is 14.1 Å². The number of nitrogens with two attached hydrogens (primary N) is 1. The van der Waals surface area contributed by atoms with Crippen LogP contribution in [0, 0.1) is 5.82 Å². The highest BCUT2D eigenvalue weighted by Gasteiger charge is 2.41. The van der Waals surface area contributed by atoms with E-state index in [2.05, 4.69) is 19.0 Å². The summed E-state index contributed by atoms with van der Waals surface area (Å²) in [5, 5.41) is 0. The summed E-state index contributed by atoms with van der Waals surface area (Å²) in [5.74, 6) is -0.184. The lowest BCUT2D eigenvalue weighted by molar-refractivity contribution is 0.0701. The molecule has 1 aliphatic carbocycles. The summed E-state index contributed by atoms with van der Waals surface area (Å²) in [5.41, 5.74) is 6.97. The van der Waals surface area contributed by atoms with Gasteiger partial charge in [0.25, 0.3) is 0 Å². The van der Waals surface area contributed by atoms with Gasteiger partial charge >= 0.3 is 0 Å². The SMILES string of the molecule is CN(C)C1(C(N)c2ccccc2F)CCCCC1. The number of likely N-dealkylation sites (N-methyl/N-ethyl adjacent to an activating group) is 1. The highest BCUT2D eigenvalue weighted by Crippen LogP contribution is 2.41. The van der Waals surface area contributed by atoms with E-state index in [1.807, 2.05) is 12.1 Å². The van der Waals surface area contributed by atoms with Crippen molar-refractivity contribution in [1.82, 2.24) is 4.90 Å². The molecular weight excluding hydrogens is 227 g/mol. The molecule has 1 saturated carbocycles. The predicted molar refractivity (Wildman–Crippen MR) is 72.8 cm³/mol. The Bertz CT molecular complexity index is 397. The second-order valence-electron chi connectivity index (χ2n) is 5.56. The molecule has 0 aromatic heterocycles. The van der Waals surface area contributed by atoms with Crippen molar-refractivity contribution in [3.63, 3.8) is 0 Å². The van der Waals surface area contributed by atoms with Crippen molar-refractivity contribution < 1.29 is 4.39 Å². The fraction of sp³-hybridized carbons (Fsp3) is 0.600. The first-order valence-corrected chi connectivity index (χ1v) is 6.75. The van der Waals surface area contributed by atoms with Crippen molar-refractivity contribution in [3.8, 4) is 0 Å². The number of hydrogen-bond acceptors (Lipinski definition) is 2. The van der Waals surface area contributed by atoms with Gasteiger partial charge in [0.15, 0.2) is 0 Å². The molecule has 0 saturated heterocycles. The predicted octanol–water partition coefficient (Wildman–Crippen LogP) is 3.09. The Hall–Kier alpha value is -0.930. The van der Waals surface area contributed by atoms with Gasteiger partial charge < -0.3 is 10.6 Å². The van der Waals surface area contributed by atoms with E-state index in [1.54, 1.807) is 6.07 Å². The summed E-state index contributed by atoms with van der Waals surface area (Å²) in [6.45, 7) is 0. The van der Waals surface area contributed by atoms with Crippen LogP contribution in [0.25, 0.3) is 0 Å². The molecular formula is C15H23FN2. The molecule has 2 N–H and O–H groups in total. The monoisotopic (exact) mass is 250 g/mol. The Kier molecular flexibility index (Phi) is 4.03. The number of nitrogens with zero attached hydrogens (tertiary/aromatic N) is 1. The van der Waals surface area contributed by atoms with Crippen LogP contribution in [0.3, 0.4) is 0 Å². The second-order valence-corrected chi connectivity index (χ2v) is 5.56. The van der Waals surface area contributed by atoms with Crippen LogP contribution in [0.2, 0.25) is 0 Å². The van der Waals surface area contributed by atoms with E-state index in [9.17, 15) is 4.39 Å². The van der Waals surface area contributed by atoms with Gasteiger partial charge in [-0.15, -0.1) is 0 Å². The normalized spacial score (nSPS) is 20.9. The summed E-state index contributed by atoms with van der Waals surface area (Å²) in [6.07, 6.45) is 5.73. The number of halogens is 1. The highest BCUT2D eigenvalue weighted by atomic mass is 19.1. The van der Waals surface area contributed by atoms with Gasteiger partial charge in [-0.2, -0.15) is 0 Å². The fourth-order valence-corrected chi connectivity index (χ4v) is 3.22. The van der Waals surface area contributed by atoms with Crippen LogP contribution in [-0.4, -0.2) is 24.5 Å². The van der Waals surface area contributed by atoms with Gasteiger partial charge in [0.1, 0.15) is 5.82 Å². The van der Waals surface area contributed by atoms with Gasteiger partial charge in [-0.3, -0.25) is 0 Å². The van der Waals surface area contributed by atoms with E-state index >= 15 is 0 Å². The summed E-state index contributed by atoms with van der Waals surface area (Å²) in [4.78, 5) is 2.20. The van der Waals surface area contributed by atoms with Crippen LogP contribution in [0.15, 0.2) is 24.3 Å². The van der Waals surface area contributed by atoms with Crippen LogP contribution in [0.5, 0.6) is 0 Å². The molecule has 1 aromatic rings. The zero-order valence-corrected chi connectivity index (χ0v) is 11.3. The summed E-state index contributed by atoms with van der Waals surface area (Å²) in [7, 11) is 4.12. The average Bonchev–Trinajstić information content (AvgIpc) is 2.39. The quantitative estimate of drug-likeness (QED) is 0.893. The highest BCUT2D eigenvalue weighted by molar-refractivity contribution is 5.25. The molecule has 1 aliphatic rings. The van der Waals surface area contributed by atoms with E-state index in [0.717, 1.165) is 12.8 Å². The van der Waals surface area contributed by atoms with Crippen molar-refractivity contribution in [2.24, 2.45) is 5.73 Å². The minimum absolute atomic E-state index is 0.0968. The largest absolute Gasteiger partial charge is 0.322 e. The third kappa shape index (κ3) is 2.29. The van der Waals surface area contributed by atoms with Crippen LogP contribution < -0.4 is 5.73 Å². The molecule has 0 amide bonds. The maximum Gasteiger partial charge on any atom is 0.128 e. The zero-order valence-electron chi connectivity index (χ0n) is 11.3. The van der Waals surface area contributed by atoms with Crippen molar-refractivity contribution >= 4 is 0 Å². The molecule has 1 aromatic carbocycles. The molecule has 100 valence electrons. The molecule has 0 radical (unpaired) electrons. The first kappa shape index (κ1) is 13.5. The fourth-order valence-electron chi connectivity index (χ4n) is 3.22. The Morgan fingerprint density at radius 3 is 2.33 bits per heavy atom. The average molecular weight is 250 g/mol. The van der Waals surface area contributed by atoms with Crippen LogP contribution in [0.4, 0.5) is 4.39 Å². The van der Waals surface area contributed by atoms with Gasteiger partial charge in [-0.25, -0.2) is 4.39 Å². The lowest BCUT2D eigenvalue weighted by Crippen LogP contribution is -2.53. The minimum atomic E-state index is -0.256. The third-order valence-corrected chi connectivity index (χ3v) is 4.43.